The molecule has 5 heteroatoms. The number of hydrazone groups is 1. The van der Waals surface area contributed by atoms with Crippen LogP contribution in [0, 0.1) is 0 Å². The van der Waals surface area contributed by atoms with Crippen molar-refractivity contribution in [2.45, 2.75) is 0 Å². The van der Waals surface area contributed by atoms with Gasteiger partial charge in [-0.15, -0.1) is 0 Å². The average molecular weight is 255 g/mol. The van der Waals surface area contributed by atoms with Crippen LogP contribution in [0.2, 0.25) is 5.02 Å². The highest BCUT2D eigenvalue weighted by Gasteiger charge is 2.12. The van der Waals surface area contributed by atoms with Gasteiger partial charge in [0, 0.05) is 10.6 Å². The summed E-state index contributed by atoms with van der Waals surface area (Å²) < 4.78 is 0.563. The number of benzene rings is 1. The molecule has 92 valence electrons. The Hall–Kier alpha value is -1.39. The van der Waals surface area contributed by atoms with Crippen LogP contribution in [0.4, 0.5) is 0 Å². The number of hydrogen-bond donors (Lipinski definition) is 1. The Bertz CT molecular complexity index is 424. The molecule has 0 atom stereocenters. The number of quaternary nitrogens is 1. The minimum absolute atomic E-state index is 0.124. The summed E-state index contributed by atoms with van der Waals surface area (Å²) in [6, 6.07) is 7.31. The van der Waals surface area contributed by atoms with Crippen molar-refractivity contribution >= 4 is 23.7 Å². The molecule has 1 rings (SSSR count). The van der Waals surface area contributed by atoms with Gasteiger partial charge in [-0.25, -0.2) is 5.43 Å². The number of carbonyl (C=O) groups is 1. The molecular formula is C12H17ClN3O+. The second-order valence-corrected chi connectivity index (χ2v) is 5.17. The lowest BCUT2D eigenvalue weighted by Crippen LogP contribution is -2.43. The third kappa shape index (κ3) is 5.47. The van der Waals surface area contributed by atoms with Gasteiger partial charge in [0.25, 0.3) is 5.91 Å². The van der Waals surface area contributed by atoms with Gasteiger partial charge in [0.05, 0.1) is 27.4 Å². The summed E-state index contributed by atoms with van der Waals surface area (Å²) in [4.78, 5) is 11.5. The molecule has 0 unspecified atom stereocenters. The van der Waals surface area contributed by atoms with Crippen LogP contribution in [0.5, 0.6) is 0 Å². The van der Waals surface area contributed by atoms with Gasteiger partial charge in [-0.3, -0.25) is 4.79 Å². The van der Waals surface area contributed by atoms with Crippen LogP contribution < -0.4 is 5.43 Å². The van der Waals surface area contributed by atoms with Gasteiger partial charge in [0.1, 0.15) is 0 Å². The molecule has 0 aliphatic rings. The lowest BCUT2D eigenvalue weighted by molar-refractivity contribution is -0.862. The minimum atomic E-state index is -0.124. The van der Waals surface area contributed by atoms with Gasteiger partial charge in [-0.05, 0) is 6.07 Å². The van der Waals surface area contributed by atoms with Crippen LogP contribution in [-0.4, -0.2) is 44.3 Å². The van der Waals surface area contributed by atoms with E-state index in [4.69, 9.17) is 11.6 Å². The first-order chi connectivity index (χ1) is 7.88. The monoisotopic (exact) mass is 254 g/mol. The van der Waals surface area contributed by atoms with E-state index in [1.165, 1.54) is 6.21 Å². The predicted octanol–water partition coefficient (Wildman–Crippen LogP) is 1.50. The molecule has 0 bridgehead atoms. The van der Waals surface area contributed by atoms with Crippen molar-refractivity contribution in [3.8, 4) is 0 Å². The maximum atomic E-state index is 11.5. The molecule has 0 aromatic heterocycles. The van der Waals surface area contributed by atoms with E-state index in [0.717, 1.165) is 5.56 Å². The van der Waals surface area contributed by atoms with Crippen LogP contribution >= 0.6 is 11.6 Å². The highest BCUT2D eigenvalue weighted by atomic mass is 35.5. The fraction of sp³-hybridized carbons (Fsp3) is 0.333. The van der Waals surface area contributed by atoms with Crippen molar-refractivity contribution in [2.24, 2.45) is 5.10 Å². The molecule has 0 saturated carbocycles. The van der Waals surface area contributed by atoms with E-state index < -0.39 is 0 Å². The number of halogens is 1. The van der Waals surface area contributed by atoms with Gasteiger partial charge in [-0.2, -0.15) is 5.10 Å². The molecule has 0 radical (unpaired) electrons. The van der Waals surface area contributed by atoms with Gasteiger partial charge in [0.2, 0.25) is 0 Å². The van der Waals surface area contributed by atoms with Gasteiger partial charge < -0.3 is 4.48 Å². The summed E-state index contributed by atoms with van der Waals surface area (Å²) in [7, 11) is 5.83. The summed E-state index contributed by atoms with van der Waals surface area (Å²) in [6.45, 7) is 0.375. The normalized spacial score (nSPS) is 11.8. The van der Waals surface area contributed by atoms with E-state index in [-0.39, 0.29) is 5.91 Å². The molecule has 0 saturated heterocycles. The zero-order chi connectivity index (χ0) is 12.9. The van der Waals surface area contributed by atoms with Crippen molar-refractivity contribution in [1.29, 1.82) is 0 Å². The Labute approximate surface area is 106 Å². The van der Waals surface area contributed by atoms with Crippen molar-refractivity contribution in [3.63, 3.8) is 0 Å². The molecule has 1 aromatic rings. The first-order valence-corrected chi connectivity index (χ1v) is 5.63. The van der Waals surface area contributed by atoms with Crippen LogP contribution in [0.1, 0.15) is 5.56 Å². The predicted molar refractivity (Wildman–Crippen MR) is 70.1 cm³/mol. The first-order valence-electron chi connectivity index (χ1n) is 5.25. The Morgan fingerprint density at radius 3 is 2.65 bits per heavy atom. The third-order valence-corrected chi connectivity index (χ3v) is 2.26. The van der Waals surface area contributed by atoms with E-state index in [9.17, 15) is 4.79 Å². The van der Waals surface area contributed by atoms with E-state index in [1.807, 2.05) is 39.3 Å². The molecule has 0 fully saturated rings. The van der Waals surface area contributed by atoms with Crippen LogP contribution in [0.25, 0.3) is 0 Å². The maximum absolute atomic E-state index is 11.5. The topological polar surface area (TPSA) is 41.5 Å². The zero-order valence-corrected chi connectivity index (χ0v) is 11.0. The number of rotatable bonds is 4. The van der Waals surface area contributed by atoms with Gasteiger partial charge in [0.15, 0.2) is 6.54 Å². The first kappa shape index (κ1) is 13.7. The Kier molecular flexibility index (Phi) is 4.66. The van der Waals surface area contributed by atoms with Crippen molar-refractivity contribution < 1.29 is 9.28 Å². The SMILES string of the molecule is C[N+](C)(C)CC(=O)N/N=C\c1ccccc1Cl. The van der Waals surface area contributed by atoms with Crippen molar-refractivity contribution in [1.82, 2.24) is 5.43 Å². The number of carbonyl (C=O) groups excluding carboxylic acids is 1. The van der Waals surface area contributed by atoms with Gasteiger partial charge in [-0.1, -0.05) is 29.8 Å². The highest BCUT2D eigenvalue weighted by molar-refractivity contribution is 6.33. The summed E-state index contributed by atoms with van der Waals surface area (Å²) >= 11 is 5.94. The highest BCUT2D eigenvalue weighted by Crippen LogP contribution is 2.11. The molecule has 4 nitrogen and oxygen atoms in total. The molecular weight excluding hydrogens is 238 g/mol. The summed E-state index contributed by atoms with van der Waals surface area (Å²) in [6.07, 6.45) is 1.54. The fourth-order valence-electron chi connectivity index (χ4n) is 1.22. The number of nitrogens with zero attached hydrogens (tertiary/aromatic N) is 2. The van der Waals surface area contributed by atoms with E-state index in [2.05, 4.69) is 10.5 Å². The van der Waals surface area contributed by atoms with Crippen LogP contribution in [0.15, 0.2) is 29.4 Å². The molecule has 0 aliphatic carbocycles. The largest absolute Gasteiger partial charge is 0.323 e. The van der Waals surface area contributed by atoms with Crippen LogP contribution in [-0.2, 0) is 4.79 Å². The lowest BCUT2D eigenvalue weighted by Gasteiger charge is -2.21. The second kappa shape index (κ2) is 5.80. The summed E-state index contributed by atoms with van der Waals surface area (Å²) in [5.41, 5.74) is 3.25. The van der Waals surface area contributed by atoms with Crippen molar-refractivity contribution in [2.75, 3.05) is 27.7 Å². The maximum Gasteiger partial charge on any atom is 0.295 e. The van der Waals surface area contributed by atoms with E-state index in [0.29, 0.717) is 16.1 Å². The molecule has 1 amide bonds. The average Bonchev–Trinajstić information content (AvgIpc) is 2.18. The van der Waals surface area contributed by atoms with Crippen LogP contribution in [0.3, 0.4) is 0 Å². The molecule has 17 heavy (non-hydrogen) atoms. The molecule has 0 spiro atoms. The number of nitrogens with one attached hydrogen (secondary N) is 1. The molecule has 0 heterocycles. The minimum Gasteiger partial charge on any atom is -0.323 e. The smallest absolute Gasteiger partial charge is 0.295 e. The standard InChI is InChI=1S/C12H16ClN3O/c1-16(2,3)9-12(17)15-14-8-10-6-4-5-7-11(10)13/h4-8H,9H2,1-3H3/p+1/b14-8-. The number of hydrogen-bond acceptors (Lipinski definition) is 2. The molecule has 0 aliphatic heterocycles. The lowest BCUT2D eigenvalue weighted by atomic mass is 10.2. The van der Waals surface area contributed by atoms with E-state index >= 15 is 0 Å². The van der Waals surface area contributed by atoms with Crippen molar-refractivity contribution in [3.05, 3.63) is 34.9 Å². The number of likely N-dealkylation sites (N-methyl/N-ethyl adjacent to an activating group) is 1. The summed E-state index contributed by atoms with van der Waals surface area (Å²) in [5.74, 6) is -0.124. The summed E-state index contributed by atoms with van der Waals surface area (Å²) in [5, 5.41) is 4.48. The third-order valence-electron chi connectivity index (χ3n) is 1.92. The Balaban J connectivity index is 2.51. The Morgan fingerprint density at radius 2 is 2.06 bits per heavy atom. The zero-order valence-electron chi connectivity index (χ0n) is 10.3. The molecule has 1 aromatic carbocycles. The Morgan fingerprint density at radius 1 is 1.41 bits per heavy atom. The fourth-order valence-corrected chi connectivity index (χ4v) is 1.40. The van der Waals surface area contributed by atoms with E-state index in [1.54, 1.807) is 6.07 Å². The molecule has 1 N–H and O–H groups in total. The quantitative estimate of drug-likeness (QED) is 0.494. The number of amides is 1. The second-order valence-electron chi connectivity index (χ2n) is 4.76. The van der Waals surface area contributed by atoms with Gasteiger partial charge >= 0.3 is 0 Å².